The molecule has 0 unspecified atom stereocenters. The molecule has 3 aromatic carbocycles. The van der Waals surface area contributed by atoms with Gasteiger partial charge in [0, 0.05) is 21.8 Å². The molecule has 202 valence electrons. The van der Waals surface area contributed by atoms with Gasteiger partial charge in [-0.15, -0.1) is 0 Å². The minimum atomic E-state index is -3.99. The number of rotatable bonds is 7. The van der Waals surface area contributed by atoms with Crippen LogP contribution in [0.4, 0.5) is 5.82 Å². The van der Waals surface area contributed by atoms with E-state index in [0.717, 1.165) is 44.4 Å². The Morgan fingerprint density at radius 1 is 0.897 bits per heavy atom. The highest BCUT2D eigenvalue weighted by molar-refractivity contribution is 9.10. The minimum Gasteiger partial charge on any atom is -0.379 e. The van der Waals surface area contributed by atoms with E-state index in [2.05, 4.69) is 55.9 Å². The normalized spacial score (nSPS) is 12.7. The summed E-state index contributed by atoms with van der Waals surface area (Å²) in [5, 5.41) is 5.54. The number of fused-ring (bicyclic) bond motifs is 2. The van der Waals surface area contributed by atoms with Gasteiger partial charge in [-0.1, -0.05) is 51.1 Å². The number of hydrogen-bond acceptors (Lipinski definition) is 5. The van der Waals surface area contributed by atoms with Crippen LogP contribution in [0.1, 0.15) is 41.0 Å². The second-order valence-corrected chi connectivity index (χ2v) is 14.2. The van der Waals surface area contributed by atoms with Crippen LogP contribution < -0.4 is 9.50 Å². The number of anilines is 1. The van der Waals surface area contributed by atoms with Crippen molar-refractivity contribution in [3.63, 3.8) is 0 Å². The summed E-state index contributed by atoms with van der Waals surface area (Å²) >= 11 is 3.58. The molecule has 1 N–H and O–H groups in total. The highest BCUT2D eigenvalue weighted by Crippen LogP contribution is 2.36. The van der Waals surface area contributed by atoms with Crippen molar-refractivity contribution in [1.29, 1.82) is 0 Å². The topological polar surface area (TPSA) is 72.7 Å². The van der Waals surface area contributed by atoms with Crippen LogP contribution in [0.2, 0.25) is 0 Å². The van der Waals surface area contributed by atoms with E-state index in [9.17, 15) is 8.42 Å². The van der Waals surface area contributed by atoms with Crippen LogP contribution in [0.5, 0.6) is 5.75 Å². The number of nitrogens with zero attached hydrogens (tertiary/aromatic N) is 2. The van der Waals surface area contributed by atoms with Gasteiger partial charge in [-0.05, 0) is 101 Å². The molecule has 0 aliphatic carbocycles. The van der Waals surface area contributed by atoms with Gasteiger partial charge in [0.05, 0.1) is 0 Å². The summed E-state index contributed by atoms with van der Waals surface area (Å²) in [7, 11) is -3.99. The fraction of sp³-hybridized carbons (Fsp3) is 0.258. The number of pyridine rings is 1. The fourth-order valence-corrected chi connectivity index (χ4v) is 6.50. The fourth-order valence-electron chi connectivity index (χ4n) is 5.20. The summed E-state index contributed by atoms with van der Waals surface area (Å²) in [5.41, 5.74) is 2.36. The van der Waals surface area contributed by atoms with Crippen molar-refractivity contribution in [1.82, 2.24) is 9.38 Å². The van der Waals surface area contributed by atoms with Crippen molar-refractivity contribution >= 4 is 48.3 Å². The van der Waals surface area contributed by atoms with Gasteiger partial charge in [0.1, 0.15) is 27.8 Å². The van der Waals surface area contributed by atoms with Crippen LogP contribution in [0, 0.1) is 5.41 Å². The van der Waals surface area contributed by atoms with E-state index in [0.29, 0.717) is 0 Å². The lowest BCUT2D eigenvalue weighted by Gasteiger charge is -2.34. The van der Waals surface area contributed by atoms with E-state index in [4.69, 9.17) is 9.17 Å². The average molecular weight is 607 g/mol. The van der Waals surface area contributed by atoms with E-state index in [1.54, 1.807) is 30.3 Å². The molecule has 6 nitrogen and oxygen atoms in total. The Morgan fingerprint density at radius 2 is 1.59 bits per heavy atom. The maximum absolute atomic E-state index is 13.0. The van der Waals surface area contributed by atoms with E-state index in [1.165, 1.54) is 0 Å². The van der Waals surface area contributed by atoms with Gasteiger partial charge in [-0.2, -0.15) is 8.42 Å². The SMILES string of the molecule is CC(C)(C)CC(C)(C)Nc1c(-c2ccc(OS(=O)(=O)c3ccc4ccccc4c3)cc2)nc2ccc(Br)cn12. The molecule has 2 heterocycles. The summed E-state index contributed by atoms with van der Waals surface area (Å²) in [6.07, 6.45) is 2.94. The van der Waals surface area contributed by atoms with Gasteiger partial charge in [0.2, 0.25) is 0 Å². The van der Waals surface area contributed by atoms with Crippen molar-refractivity contribution in [3.05, 3.63) is 89.5 Å². The van der Waals surface area contributed by atoms with E-state index < -0.39 is 10.1 Å². The first-order chi connectivity index (χ1) is 18.3. The standard InChI is InChI=1S/C31H32BrN3O3S/c1-30(2,3)20-31(4,5)34-29-28(33-27-17-13-24(32)19-35(27)29)22-10-14-25(15-11-22)38-39(36,37)26-16-12-21-8-6-7-9-23(21)18-26/h6-19,34H,20H2,1-5H3. The Hall–Kier alpha value is -3.36. The predicted molar refractivity (Wildman–Crippen MR) is 162 cm³/mol. The first-order valence-electron chi connectivity index (χ1n) is 12.8. The largest absolute Gasteiger partial charge is 0.379 e. The summed E-state index contributed by atoms with van der Waals surface area (Å²) in [6, 6.07) is 23.5. The van der Waals surface area contributed by atoms with Gasteiger partial charge >= 0.3 is 10.1 Å². The zero-order chi connectivity index (χ0) is 28.0. The Bertz CT molecular complexity index is 1770. The third kappa shape index (κ3) is 6.12. The molecule has 5 aromatic rings. The third-order valence-corrected chi connectivity index (χ3v) is 8.07. The number of imidazole rings is 1. The summed E-state index contributed by atoms with van der Waals surface area (Å²) in [5.74, 6) is 1.11. The highest BCUT2D eigenvalue weighted by atomic mass is 79.9. The monoisotopic (exact) mass is 605 g/mol. The molecule has 0 fully saturated rings. The first kappa shape index (κ1) is 27.2. The zero-order valence-electron chi connectivity index (χ0n) is 22.7. The van der Waals surface area contributed by atoms with E-state index >= 15 is 0 Å². The molecular weight excluding hydrogens is 574 g/mol. The smallest absolute Gasteiger partial charge is 0.339 e. The summed E-state index contributed by atoms with van der Waals surface area (Å²) in [4.78, 5) is 5.02. The Balaban J connectivity index is 1.47. The van der Waals surface area contributed by atoms with Gasteiger partial charge in [0.15, 0.2) is 0 Å². The molecule has 0 atom stereocenters. The number of hydrogen-bond donors (Lipinski definition) is 1. The highest BCUT2D eigenvalue weighted by Gasteiger charge is 2.28. The molecule has 0 saturated carbocycles. The number of benzene rings is 3. The Kier molecular flexibility index (Phi) is 6.97. The van der Waals surface area contributed by atoms with Crippen molar-refractivity contribution in [3.8, 4) is 17.0 Å². The third-order valence-electron chi connectivity index (χ3n) is 6.35. The quantitative estimate of drug-likeness (QED) is 0.189. The molecule has 8 heteroatoms. The second kappa shape index (κ2) is 9.99. The molecule has 0 radical (unpaired) electrons. The van der Waals surface area contributed by atoms with Gasteiger partial charge in [-0.25, -0.2) is 4.98 Å². The summed E-state index contributed by atoms with van der Waals surface area (Å²) in [6.45, 7) is 11.1. The van der Waals surface area contributed by atoms with Crippen molar-refractivity contribution in [2.75, 3.05) is 5.32 Å². The molecule has 0 aliphatic heterocycles. The Morgan fingerprint density at radius 3 is 2.28 bits per heavy atom. The molecule has 39 heavy (non-hydrogen) atoms. The molecule has 0 bridgehead atoms. The number of halogens is 1. The summed E-state index contributed by atoms with van der Waals surface area (Å²) < 4.78 is 34.5. The second-order valence-electron chi connectivity index (χ2n) is 11.7. The average Bonchev–Trinajstić information content (AvgIpc) is 3.19. The molecule has 0 amide bonds. The van der Waals surface area contributed by atoms with Crippen LogP contribution >= 0.6 is 15.9 Å². The van der Waals surface area contributed by atoms with Crippen LogP contribution in [-0.2, 0) is 10.1 Å². The molecule has 0 aliphatic rings. The zero-order valence-corrected chi connectivity index (χ0v) is 25.1. The molecule has 5 rings (SSSR count). The molecule has 0 spiro atoms. The number of aromatic nitrogens is 2. The van der Waals surface area contributed by atoms with Crippen LogP contribution in [-0.4, -0.2) is 23.3 Å². The van der Waals surface area contributed by atoms with Crippen molar-refractivity contribution < 1.29 is 12.6 Å². The van der Waals surface area contributed by atoms with Gasteiger partial charge in [-0.3, -0.25) is 4.40 Å². The van der Waals surface area contributed by atoms with E-state index in [-0.39, 0.29) is 21.6 Å². The molecular formula is C31H32BrN3O3S. The van der Waals surface area contributed by atoms with E-state index in [1.807, 2.05) is 59.1 Å². The molecule has 2 aromatic heterocycles. The van der Waals surface area contributed by atoms with Crippen LogP contribution in [0.25, 0.3) is 27.7 Å². The van der Waals surface area contributed by atoms with Gasteiger partial charge < -0.3 is 9.50 Å². The lowest BCUT2D eigenvalue weighted by atomic mass is 9.82. The van der Waals surface area contributed by atoms with Crippen molar-refractivity contribution in [2.45, 2.75) is 51.5 Å². The Labute approximate surface area is 238 Å². The maximum Gasteiger partial charge on any atom is 0.339 e. The predicted octanol–water partition coefficient (Wildman–Crippen LogP) is 8.31. The van der Waals surface area contributed by atoms with Crippen LogP contribution in [0.15, 0.2) is 94.4 Å². The lowest BCUT2D eigenvalue weighted by molar-refractivity contribution is 0.302. The van der Waals surface area contributed by atoms with Crippen LogP contribution in [0.3, 0.4) is 0 Å². The van der Waals surface area contributed by atoms with Gasteiger partial charge in [0.25, 0.3) is 0 Å². The van der Waals surface area contributed by atoms with Crippen molar-refractivity contribution in [2.24, 2.45) is 5.41 Å². The maximum atomic E-state index is 13.0. The minimum absolute atomic E-state index is 0.115. The molecule has 0 saturated heterocycles. The first-order valence-corrected chi connectivity index (χ1v) is 15.0. The lowest BCUT2D eigenvalue weighted by Crippen LogP contribution is -2.36. The number of nitrogens with one attached hydrogen (secondary N) is 1.